The van der Waals surface area contributed by atoms with E-state index in [-0.39, 0.29) is 5.97 Å². The Morgan fingerprint density at radius 2 is 0.968 bits per heavy atom. The molecule has 0 fully saturated rings. The van der Waals surface area contributed by atoms with Crippen LogP contribution in [0.5, 0.6) is 0 Å². The Labute approximate surface area is 196 Å². The fourth-order valence-electron chi connectivity index (χ4n) is 4.45. The van der Waals surface area contributed by atoms with Crippen LogP contribution in [0.15, 0.2) is 0 Å². The van der Waals surface area contributed by atoms with Crippen molar-refractivity contribution in [2.75, 3.05) is 6.61 Å². The first-order valence-corrected chi connectivity index (χ1v) is 14.4. The maximum absolute atomic E-state index is 11.9. The number of unbranched alkanes of at least 4 members (excludes halogenated alkanes) is 17. The van der Waals surface area contributed by atoms with E-state index in [1.54, 1.807) is 0 Å². The summed E-state index contributed by atoms with van der Waals surface area (Å²) in [5.74, 6) is 0.749. The topological polar surface area (TPSA) is 26.3 Å². The van der Waals surface area contributed by atoms with Crippen molar-refractivity contribution in [3.05, 3.63) is 0 Å². The number of rotatable bonds is 25. The quantitative estimate of drug-likeness (QED) is 0.105. The number of ether oxygens (including phenoxy) is 1. The van der Waals surface area contributed by atoms with Gasteiger partial charge in [0.1, 0.15) is 0 Å². The Morgan fingerprint density at radius 3 is 1.39 bits per heavy atom. The zero-order valence-corrected chi connectivity index (χ0v) is 21.9. The van der Waals surface area contributed by atoms with E-state index < -0.39 is 0 Å². The van der Waals surface area contributed by atoms with Gasteiger partial charge in [0.2, 0.25) is 0 Å². The molecule has 0 aromatic heterocycles. The van der Waals surface area contributed by atoms with E-state index in [1.165, 1.54) is 128 Å². The molecule has 0 saturated heterocycles. The Morgan fingerprint density at radius 1 is 0.548 bits per heavy atom. The molecule has 0 radical (unpaired) electrons. The predicted molar refractivity (Wildman–Crippen MR) is 138 cm³/mol. The van der Waals surface area contributed by atoms with Gasteiger partial charge >= 0.3 is 5.97 Å². The maximum Gasteiger partial charge on any atom is 0.305 e. The summed E-state index contributed by atoms with van der Waals surface area (Å²) in [6, 6.07) is 0. The lowest BCUT2D eigenvalue weighted by atomic mass is 9.96. The number of esters is 1. The largest absolute Gasteiger partial charge is 0.466 e. The van der Waals surface area contributed by atoms with Gasteiger partial charge < -0.3 is 4.74 Å². The molecule has 186 valence electrons. The Hall–Kier alpha value is -0.530. The molecule has 0 aliphatic rings. The fraction of sp³-hybridized carbons (Fsp3) is 0.966. The van der Waals surface area contributed by atoms with E-state index in [9.17, 15) is 4.79 Å². The third kappa shape index (κ3) is 24.0. The van der Waals surface area contributed by atoms with Gasteiger partial charge in [-0.1, -0.05) is 149 Å². The first-order valence-electron chi connectivity index (χ1n) is 14.4. The molecule has 0 saturated carbocycles. The van der Waals surface area contributed by atoms with E-state index in [0.717, 1.165) is 18.8 Å². The fourth-order valence-corrected chi connectivity index (χ4v) is 4.45. The van der Waals surface area contributed by atoms with Crippen LogP contribution in [0.3, 0.4) is 0 Å². The lowest BCUT2D eigenvalue weighted by Crippen LogP contribution is -2.09. The van der Waals surface area contributed by atoms with Gasteiger partial charge in [0.15, 0.2) is 0 Å². The van der Waals surface area contributed by atoms with Crippen LogP contribution in [-0.2, 0) is 9.53 Å². The summed E-state index contributed by atoms with van der Waals surface area (Å²) >= 11 is 0. The summed E-state index contributed by atoms with van der Waals surface area (Å²) in [4.78, 5) is 11.9. The molecule has 0 aromatic rings. The van der Waals surface area contributed by atoms with Crippen LogP contribution in [0.4, 0.5) is 0 Å². The van der Waals surface area contributed by atoms with Crippen molar-refractivity contribution in [3.8, 4) is 0 Å². The zero-order chi connectivity index (χ0) is 22.8. The highest BCUT2D eigenvalue weighted by Crippen LogP contribution is 2.17. The molecule has 0 spiro atoms. The first kappa shape index (κ1) is 30.5. The molecule has 1 atom stereocenters. The van der Waals surface area contributed by atoms with E-state index in [2.05, 4.69) is 20.8 Å². The second-order valence-corrected chi connectivity index (χ2v) is 9.83. The maximum atomic E-state index is 11.9. The van der Waals surface area contributed by atoms with Crippen LogP contribution < -0.4 is 0 Å². The molecule has 0 N–H and O–H groups in total. The van der Waals surface area contributed by atoms with Crippen LogP contribution in [0, 0.1) is 5.92 Å². The van der Waals surface area contributed by atoms with Crippen molar-refractivity contribution in [1.29, 1.82) is 0 Å². The molecule has 2 heteroatoms. The molecular formula is C29H58O2. The summed E-state index contributed by atoms with van der Waals surface area (Å²) in [5.41, 5.74) is 0. The van der Waals surface area contributed by atoms with E-state index in [0.29, 0.717) is 13.0 Å². The van der Waals surface area contributed by atoms with Crippen LogP contribution >= 0.6 is 0 Å². The van der Waals surface area contributed by atoms with Gasteiger partial charge in [-0.15, -0.1) is 0 Å². The molecule has 0 rings (SSSR count). The minimum atomic E-state index is 0.0197. The molecular weight excluding hydrogens is 380 g/mol. The molecule has 0 aliphatic carbocycles. The lowest BCUT2D eigenvalue weighted by molar-refractivity contribution is -0.144. The molecule has 2 nitrogen and oxygen atoms in total. The predicted octanol–water partition coefficient (Wildman–Crippen LogP) is 10.2. The van der Waals surface area contributed by atoms with Crippen molar-refractivity contribution < 1.29 is 9.53 Å². The van der Waals surface area contributed by atoms with E-state index >= 15 is 0 Å². The number of carbonyl (C=O) groups excluding carboxylic acids is 1. The van der Waals surface area contributed by atoms with Gasteiger partial charge in [0.05, 0.1) is 6.61 Å². The standard InChI is InChI=1S/C29H58O2/c1-4-7-9-10-11-12-13-14-15-16-17-18-19-20-21-22-23-25-29(30)31-27-26-28(6-3)24-8-5-2/h28H,4-27H2,1-3H3. The smallest absolute Gasteiger partial charge is 0.305 e. The van der Waals surface area contributed by atoms with Gasteiger partial charge in [-0.25, -0.2) is 0 Å². The highest BCUT2D eigenvalue weighted by Gasteiger charge is 2.08. The zero-order valence-electron chi connectivity index (χ0n) is 21.9. The third-order valence-electron chi connectivity index (χ3n) is 6.82. The Balaban J connectivity index is 3.24. The number of hydrogen-bond acceptors (Lipinski definition) is 2. The molecule has 31 heavy (non-hydrogen) atoms. The van der Waals surface area contributed by atoms with Crippen molar-refractivity contribution >= 4 is 5.97 Å². The van der Waals surface area contributed by atoms with Crippen molar-refractivity contribution in [2.24, 2.45) is 5.92 Å². The van der Waals surface area contributed by atoms with Crippen molar-refractivity contribution in [2.45, 2.75) is 168 Å². The lowest BCUT2D eigenvalue weighted by Gasteiger charge is -2.14. The minimum absolute atomic E-state index is 0.0197. The SMILES string of the molecule is CCCCCCCCCCCCCCCCCCCC(=O)OCCC(CC)CCCC. The Bertz CT molecular complexity index is 353. The normalized spacial score (nSPS) is 12.2. The average Bonchev–Trinajstić information content (AvgIpc) is 2.78. The van der Waals surface area contributed by atoms with Crippen LogP contribution in [0.25, 0.3) is 0 Å². The van der Waals surface area contributed by atoms with E-state index in [1.807, 2.05) is 0 Å². The summed E-state index contributed by atoms with van der Waals surface area (Å²) in [5, 5.41) is 0. The summed E-state index contributed by atoms with van der Waals surface area (Å²) in [6.07, 6.45) is 30.0. The monoisotopic (exact) mass is 438 g/mol. The summed E-state index contributed by atoms with van der Waals surface area (Å²) < 4.78 is 5.44. The van der Waals surface area contributed by atoms with Gasteiger partial charge in [0.25, 0.3) is 0 Å². The highest BCUT2D eigenvalue weighted by molar-refractivity contribution is 5.69. The average molecular weight is 439 g/mol. The molecule has 0 amide bonds. The van der Waals surface area contributed by atoms with Crippen LogP contribution in [-0.4, -0.2) is 12.6 Å². The second-order valence-electron chi connectivity index (χ2n) is 9.83. The van der Waals surface area contributed by atoms with Crippen molar-refractivity contribution in [1.82, 2.24) is 0 Å². The molecule has 0 heterocycles. The van der Waals surface area contributed by atoms with Gasteiger partial charge in [-0.2, -0.15) is 0 Å². The highest BCUT2D eigenvalue weighted by atomic mass is 16.5. The van der Waals surface area contributed by atoms with Gasteiger partial charge in [-0.3, -0.25) is 4.79 Å². The number of hydrogen-bond donors (Lipinski definition) is 0. The van der Waals surface area contributed by atoms with Gasteiger partial charge in [-0.05, 0) is 18.8 Å². The van der Waals surface area contributed by atoms with Gasteiger partial charge in [0, 0.05) is 6.42 Å². The molecule has 1 unspecified atom stereocenters. The summed E-state index contributed by atoms with van der Waals surface area (Å²) in [6.45, 7) is 7.41. The number of carbonyl (C=O) groups is 1. The van der Waals surface area contributed by atoms with Crippen LogP contribution in [0.2, 0.25) is 0 Å². The minimum Gasteiger partial charge on any atom is -0.466 e. The Kier molecular flexibility index (Phi) is 25.3. The second kappa shape index (κ2) is 25.7. The van der Waals surface area contributed by atoms with Crippen LogP contribution in [0.1, 0.15) is 168 Å². The van der Waals surface area contributed by atoms with E-state index in [4.69, 9.17) is 4.74 Å². The molecule has 0 bridgehead atoms. The summed E-state index contributed by atoms with van der Waals surface area (Å²) in [7, 11) is 0. The third-order valence-corrected chi connectivity index (χ3v) is 6.82. The molecule has 0 aromatic carbocycles. The van der Waals surface area contributed by atoms with Crippen molar-refractivity contribution in [3.63, 3.8) is 0 Å². The first-order chi connectivity index (χ1) is 15.2. The molecule has 0 aliphatic heterocycles.